The normalized spacial score (nSPS) is 12.1. The van der Waals surface area contributed by atoms with Crippen molar-refractivity contribution in [3.63, 3.8) is 0 Å². The molecule has 0 heterocycles. The highest BCUT2D eigenvalue weighted by Crippen LogP contribution is 2.30. The first-order valence-electron chi connectivity index (χ1n) is 9.14. The van der Waals surface area contributed by atoms with Gasteiger partial charge in [0.25, 0.3) is 0 Å². The first-order valence-corrected chi connectivity index (χ1v) is 11.0. The molecule has 0 radical (unpaired) electrons. The van der Waals surface area contributed by atoms with E-state index in [1.54, 1.807) is 36.4 Å². The molecule has 0 aliphatic carbocycles. The molecule has 1 atom stereocenters. The van der Waals surface area contributed by atoms with E-state index in [4.69, 9.17) is 4.74 Å². The molecule has 0 aliphatic rings. The Kier molecular flexibility index (Phi) is 6.37. The third-order valence-corrected chi connectivity index (χ3v) is 5.52. The molecular formula is C22H21FN2O4S. The van der Waals surface area contributed by atoms with Crippen molar-refractivity contribution in [2.24, 2.45) is 0 Å². The average molecular weight is 428 g/mol. The molecule has 156 valence electrons. The molecule has 8 heteroatoms. The highest BCUT2D eigenvalue weighted by Gasteiger charge is 2.31. The number of ether oxygens (including phenoxy) is 1. The highest BCUT2D eigenvalue weighted by atomic mass is 32.2. The summed E-state index contributed by atoms with van der Waals surface area (Å²) in [5.74, 6) is -0.402. The van der Waals surface area contributed by atoms with Crippen LogP contribution in [0, 0.1) is 5.82 Å². The molecule has 0 bridgehead atoms. The van der Waals surface area contributed by atoms with E-state index >= 15 is 0 Å². The van der Waals surface area contributed by atoms with Crippen LogP contribution in [-0.2, 0) is 14.8 Å². The fourth-order valence-electron chi connectivity index (χ4n) is 2.92. The largest absolute Gasteiger partial charge is 0.455 e. The van der Waals surface area contributed by atoms with Crippen molar-refractivity contribution in [2.45, 2.75) is 13.0 Å². The third kappa shape index (κ3) is 4.96. The topological polar surface area (TPSA) is 75.7 Å². The molecule has 0 spiro atoms. The Labute approximate surface area is 175 Å². The predicted octanol–water partition coefficient (Wildman–Crippen LogP) is 4.41. The van der Waals surface area contributed by atoms with E-state index in [9.17, 15) is 17.6 Å². The van der Waals surface area contributed by atoms with Crippen LogP contribution >= 0.6 is 0 Å². The Bertz CT molecular complexity index is 1140. The van der Waals surface area contributed by atoms with Gasteiger partial charge in [-0.2, -0.15) is 0 Å². The molecule has 30 heavy (non-hydrogen) atoms. The van der Waals surface area contributed by atoms with Gasteiger partial charge in [-0.3, -0.25) is 9.10 Å². The number of nitrogens with one attached hydrogen (secondary N) is 1. The molecule has 3 aromatic rings. The summed E-state index contributed by atoms with van der Waals surface area (Å²) in [6.45, 7) is 1.39. The summed E-state index contributed by atoms with van der Waals surface area (Å²) in [5, 5.41) is 2.68. The second-order valence-electron chi connectivity index (χ2n) is 6.59. The maximum absolute atomic E-state index is 14.3. The fourth-order valence-corrected chi connectivity index (χ4v) is 4.10. The first-order chi connectivity index (χ1) is 14.3. The summed E-state index contributed by atoms with van der Waals surface area (Å²) in [5.41, 5.74) is 0.164. The molecule has 1 N–H and O–H groups in total. The molecule has 0 saturated heterocycles. The number of anilines is 2. The van der Waals surface area contributed by atoms with Crippen molar-refractivity contribution in [1.29, 1.82) is 0 Å². The van der Waals surface area contributed by atoms with Gasteiger partial charge in [0.15, 0.2) is 5.75 Å². The van der Waals surface area contributed by atoms with E-state index in [-0.39, 0.29) is 5.69 Å². The molecule has 3 aromatic carbocycles. The Morgan fingerprint density at radius 3 is 2.23 bits per heavy atom. The molecule has 0 saturated carbocycles. The van der Waals surface area contributed by atoms with Crippen LogP contribution in [0.5, 0.6) is 11.5 Å². The van der Waals surface area contributed by atoms with Crippen molar-refractivity contribution in [2.75, 3.05) is 15.9 Å². The number of carbonyl (C=O) groups excluding carboxylic acids is 1. The lowest BCUT2D eigenvalue weighted by atomic mass is 10.2. The van der Waals surface area contributed by atoms with Crippen LogP contribution in [0.25, 0.3) is 0 Å². The van der Waals surface area contributed by atoms with Gasteiger partial charge in [-0.1, -0.05) is 42.5 Å². The van der Waals surface area contributed by atoms with Gasteiger partial charge in [0, 0.05) is 0 Å². The number of benzene rings is 3. The van der Waals surface area contributed by atoms with Crippen molar-refractivity contribution in [1.82, 2.24) is 0 Å². The second kappa shape index (κ2) is 8.96. The lowest BCUT2D eigenvalue weighted by Crippen LogP contribution is -2.45. The van der Waals surface area contributed by atoms with E-state index in [0.717, 1.165) is 16.6 Å². The van der Waals surface area contributed by atoms with Gasteiger partial charge in [0.1, 0.15) is 17.6 Å². The van der Waals surface area contributed by atoms with Gasteiger partial charge < -0.3 is 10.1 Å². The number of rotatable bonds is 7. The second-order valence-corrected chi connectivity index (χ2v) is 8.45. The average Bonchev–Trinajstić information content (AvgIpc) is 2.71. The zero-order valence-corrected chi connectivity index (χ0v) is 17.3. The lowest BCUT2D eigenvalue weighted by molar-refractivity contribution is -0.116. The summed E-state index contributed by atoms with van der Waals surface area (Å²) >= 11 is 0. The number of para-hydroxylation sites is 4. The summed E-state index contributed by atoms with van der Waals surface area (Å²) in [4.78, 5) is 12.9. The number of nitrogens with zero attached hydrogens (tertiary/aromatic N) is 1. The summed E-state index contributed by atoms with van der Waals surface area (Å²) < 4.78 is 45.5. The summed E-state index contributed by atoms with van der Waals surface area (Å²) in [6, 6.07) is 20.0. The summed E-state index contributed by atoms with van der Waals surface area (Å²) in [6.07, 6.45) is 0.926. The number of hydrogen-bond donors (Lipinski definition) is 1. The Balaban J connectivity index is 1.87. The van der Waals surface area contributed by atoms with Crippen molar-refractivity contribution in [3.8, 4) is 11.5 Å². The quantitative estimate of drug-likeness (QED) is 0.605. The van der Waals surface area contributed by atoms with Crippen LogP contribution in [0.3, 0.4) is 0 Å². The minimum Gasteiger partial charge on any atom is -0.455 e. The SMILES string of the molecule is C[C@H](C(=O)Nc1ccccc1Oc1ccccc1)N(c1ccccc1F)S(C)(=O)=O. The van der Waals surface area contributed by atoms with Crippen LogP contribution in [0.15, 0.2) is 78.9 Å². The standard InChI is InChI=1S/C22H21FN2O4S/c1-16(25(30(2,27)28)20-14-8-6-12-18(20)23)22(26)24-19-13-7-9-15-21(19)29-17-10-4-3-5-11-17/h3-16H,1-2H3,(H,24,26)/t16-/m1/s1. The van der Waals surface area contributed by atoms with Crippen LogP contribution in [0.1, 0.15) is 6.92 Å². The number of hydrogen-bond acceptors (Lipinski definition) is 4. The Morgan fingerprint density at radius 2 is 1.57 bits per heavy atom. The number of sulfonamides is 1. The molecule has 0 aromatic heterocycles. The zero-order chi connectivity index (χ0) is 21.7. The molecule has 3 rings (SSSR count). The van der Waals surface area contributed by atoms with E-state index in [1.165, 1.54) is 25.1 Å². The lowest BCUT2D eigenvalue weighted by Gasteiger charge is -2.28. The molecule has 0 aliphatic heterocycles. The monoisotopic (exact) mass is 428 g/mol. The van der Waals surface area contributed by atoms with E-state index in [0.29, 0.717) is 17.2 Å². The Hall–Kier alpha value is -3.39. The van der Waals surface area contributed by atoms with Crippen molar-refractivity contribution >= 4 is 27.3 Å². The van der Waals surface area contributed by atoms with Gasteiger partial charge in [-0.05, 0) is 43.3 Å². The third-order valence-electron chi connectivity index (χ3n) is 4.29. The van der Waals surface area contributed by atoms with E-state index in [2.05, 4.69) is 5.32 Å². The predicted molar refractivity (Wildman–Crippen MR) is 115 cm³/mol. The van der Waals surface area contributed by atoms with Crippen LogP contribution in [-0.4, -0.2) is 26.6 Å². The van der Waals surface area contributed by atoms with Gasteiger partial charge >= 0.3 is 0 Å². The highest BCUT2D eigenvalue weighted by molar-refractivity contribution is 7.92. The molecular weight excluding hydrogens is 407 g/mol. The smallest absolute Gasteiger partial charge is 0.248 e. The van der Waals surface area contributed by atoms with Crippen molar-refractivity contribution in [3.05, 3.63) is 84.7 Å². The Morgan fingerprint density at radius 1 is 0.967 bits per heavy atom. The van der Waals surface area contributed by atoms with Crippen LogP contribution in [0.4, 0.5) is 15.8 Å². The number of carbonyl (C=O) groups is 1. The maximum atomic E-state index is 14.3. The number of halogens is 1. The molecule has 0 fully saturated rings. The minimum atomic E-state index is -3.93. The van der Waals surface area contributed by atoms with Crippen LogP contribution in [0.2, 0.25) is 0 Å². The molecule has 6 nitrogen and oxygen atoms in total. The van der Waals surface area contributed by atoms with E-state index < -0.39 is 27.8 Å². The fraction of sp³-hybridized carbons (Fsp3) is 0.136. The maximum Gasteiger partial charge on any atom is 0.248 e. The summed E-state index contributed by atoms with van der Waals surface area (Å²) in [7, 11) is -3.93. The zero-order valence-electron chi connectivity index (χ0n) is 16.4. The first kappa shape index (κ1) is 21.3. The van der Waals surface area contributed by atoms with Gasteiger partial charge in [0.2, 0.25) is 15.9 Å². The molecule has 0 unspecified atom stereocenters. The number of amides is 1. The van der Waals surface area contributed by atoms with Gasteiger partial charge in [0.05, 0.1) is 17.6 Å². The van der Waals surface area contributed by atoms with E-state index in [1.807, 2.05) is 18.2 Å². The van der Waals surface area contributed by atoms with Crippen molar-refractivity contribution < 1.29 is 22.3 Å². The van der Waals surface area contributed by atoms with Gasteiger partial charge in [-0.15, -0.1) is 0 Å². The van der Waals surface area contributed by atoms with Gasteiger partial charge in [-0.25, -0.2) is 12.8 Å². The molecule has 1 amide bonds. The van der Waals surface area contributed by atoms with Crippen LogP contribution < -0.4 is 14.4 Å². The minimum absolute atomic E-state index is 0.198.